The molecule has 1 heterocycles. The summed E-state index contributed by atoms with van der Waals surface area (Å²) in [4.78, 5) is 29.7. The molecular weight excluding hydrogens is 432 g/mol. The Morgan fingerprint density at radius 2 is 1.45 bits per heavy atom. The number of rotatable bonds is 5. The summed E-state index contributed by atoms with van der Waals surface area (Å²) < 4.78 is 0.806. The van der Waals surface area contributed by atoms with Gasteiger partial charge >= 0.3 is 5.97 Å². The second-order valence-corrected chi connectivity index (χ2v) is 7.54. The third-order valence-electron chi connectivity index (χ3n) is 4.80. The first-order chi connectivity index (χ1) is 14.0. The van der Waals surface area contributed by atoms with E-state index in [2.05, 4.69) is 26.2 Å². The number of aliphatic carboxylic acids is 1. The van der Waals surface area contributed by atoms with Crippen molar-refractivity contribution in [2.75, 3.05) is 0 Å². The first-order valence-corrected chi connectivity index (χ1v) is 9.88. The van der Waals surface area contributed by atoms with Gasteiger partial charge in [0.25, 0.3) is 5.91 Å². The number of aromatic nitrogens is 1. The van der Waals surface area contributed by atoms with Gasteiger partial charge in [0.15, 0.2) is 0 Å². The van der Waals surface area contributed by atoms with Gasteiger partial charge in [-0.2, -0.15) is 0 Å². The monoisotopic (exact) mass is 448 g/mol. The average Bonchev–Trinajstić information content (AvgIpc) is 2.72. The number of carbonyl (C=O) groups excluding carboxylic acids is 1. The number of hydrogen-bond acceptors (Lipinski definition) is 3. The molecule has 0 aliphatic heterocycles. The third-order valence-corrected chi connectivity index (χ3v) is 5.57. The maximum absolute atomic E-state index is 13.2. The molecule has 4 aromatic rings. The van der Waals surface area contributed by atoms with E-state index in [1.54, 1.807) is 0 Å². The van der Waals surface area contributed by atoms with Crippen LogP contribution in [0.25, 0.3) is 21.8 Å². The number of para-hydroxylation sites is 2. The van der Waals surface area contributed by atoms with Gasteiger partial charge in [-0.05, 0) is 23.8 Å². The number of nitrogens with one attached hydrogen (secondary N) is 1. The average molecular weight is 449 g/mol. The minimum absolute atomic E-state index is 0.170. The van der Waals surface area contributed by atoms with Crippen molar-refractivity contribution in [1.29, 1.82) is 0 Å². The highest BCUT2D eigenvalue weighted by Gasteiger charge is 2.24. The molecule has 29 heavy (non-hydrogen) atoms. The summed E-state index contributed by atoms with van der Waals surface area (Å²) in [6, 6.07) is 21.1. The topological polar surface area (TPSA) is 79.3 Å². The third kappa shape index (κ3) is 3.84. The molecule has 144 valence electrons. The number of amides is 1. The predicted molar refractivity (Wildman–Crippen MR) is 116 cm³/mol. The van der Waals surface area contributed by atoms with E-state index in [1.807, 2.05) is 72.8 Å². The fourth-order valence-electron chi connectivity index (χ4n) is 3.40. The van der Waals surface area contributed by atoms with Crippen LogP contribution in [0.15, 0.2) is 77.3 Å². The Balaban J connectivity index is 1.75. The lowest BCUT2D eigenvalue weighted by Gasteiger charge is -2.17. The quantitative estimate of drug-likeness (QED) is 0.438. The summed E-state index contributed by atoms with van der Waals surface area (Å²) >= 11 is 3.44. The standard InChI is InChI=1S/C23H17BrN2O3/c24-17-10-4-1-7-14(17)13-20(23(28)29)26-22(27)21-15-8-2-5-11-18(15)25-19-12-6-3-9-16(19)21/h1-12,20H,13H2,(H,26,27)(H,28,29)/t20-/m1/s1. The van der Waals surface area contributed by atoms with Crippen LogP contribution >= 0.6 is 15.9 Å². The molecule has 0 aliphatic carbocycles. The predicted octanol–water partition coefficient (Wildman–Crippen LogP) is 4.58. The van der Waals surface area contributed by atoms with Crippen LogP contribution < -0.4 is 5.32 Å². The zero-order valence-electron chi connectivity index (χ0n) is 15.3. The summed E-state index contributed by atoms with van der Waals surface area (Å²) in [7, 11) is 0. The molecule has 0 fully saturated rings. The summed E-state index contributed by atoms with van der Waals surface area (Å²) in [5, 5.41) is 13.8. The van der Waals surface area contributed by atoms with E-state index >= 15 is 0 Å². The Bertz CT molecular complexity index is 1190. The smallest absolute Gasteiger partial charge is 0.326 e. The van der Waals surface area contributed by atoms with Crippen LogP contribution in [0.2, 0.25) is 0 Å². The molecule has 5 nitrogen and oxygen atoms in total. The van der Waals surface area contributed by atoms with E-state index in [9.17, 15) is 14.7 Å². The Kier molecular flexibility index (Phi) is 5.27. The number of carbonyl (C=O) groups is 2. The maximum Gasteiger partial charge on any atom is 0.326 e. The SMILES string of the molecule is O=C(N[C@H](Cc1ccccc1Br)C(=O)O)c1c2ccccc2nc2ccccc12. The first kappa shape index (κ1) is 19.1. The molecular formula is C23H17BrN2O3. The second kappa shape index (κ2) is 8.01. The molecule has 0 saturated heterocycles. The Morgan fingerprint density at radius 3 is 2.03 bits per heavy atom. The largest absolute Gasteiger partial charge is 0.480 e. The van der Waals surface area contributed by atoms with Crippen LogP contribution in [0.5, 0.6) is 0 Å². The van der Waals surface area contributed by atoms with Gasteiger partial charge in [-0.25, -0.2) is 9.78 Å². The number of carboxylic acid groups (broad SMARTS) is 1. The molecule has 0 bridgehead atoms. The van der Waals surface area contributed by atoms with Crippen molar-refractivity contribution in [2.24, 2.45) is 0 Å². The van der Waals surface area contributed by atoms with Crippen molar-refractivity contribution in [1.82, 2.24) is 10.3 Å². The van der Waals surface area contributed by atoms with Crippen molar-refractivity contribution in [2.45, 2.75) is 12.5 Å². The fourth-order valence-corrected chi connectivity index (χ4v) is 3.85. The van der Waals surface area contributed by atoms with Gasteiger partial charge in [0, 0.05) is 21.7 Å². The van der Waals surface area contributed by atoms with Gasteiger partial charge in [0.2, 0.25) is 0 Å². The van der Waals surface area contributed by atoms with Crippen molar-refractivity contribution in [3.63, 3.8) is 0 Å². The van der Waals surface area contributed by atoms with Crippen molar-refractivity contribution < 1.29 is 14.7 Å². The van der Waals surface area contributed by atoms with Crippen molar-refractivity contribution in [3.8, 4) is 0 Å². The summed E-state index contributed by atoms with van der Waals surface area (Å²) in [6.45, 7) is 0. The second-order valence-electron chi connectivity index (χ2n) is 6.68. The Hall–Kier alpha value is -3.25. The summed E-state index contributed by atoms with van der Waals surface area (Å²) in [6.07, 6.45) is 0.170. The summed E-state index contributed by atoms with van der Waals surface area (Å²) in [5.74, 6) is -1.52. The highest BCUT2D eigenvalue weighted by Crippen LogP contribution is 2.26. The number of pyridine rings is 1. The minimum Gasteiger partial charge on any atom is -0.480 e. The zero-order valence-corrected chi connectivity index (χ0v) is 16.9. The van der Waals surface area contributed by atoms with Crippen LogP contribution in [0.3, 0.4) is 0 Å². The molecule has 0 saturated carbocycles. The lowest BCUT2D eigenvalue weighted by molar-refractivity contribution is -0.139. The highest BCUT2D eigenvalue weighted by molar-refractivity contribution is 9.10. The van der Waals surface area contributed by atoms with E-state index in [4.69, 9.17) is 0 Å². The van der Waals surface area contributed by atoms with Crippen LogP contribution in [0.4, 0.5) is 0 Å². The van der Waals surface area contributed by atoms with E-state index in [1.165, 1.54) is 0 Å². The molecule has 0 aliphatic rings. The van der Waals surface area contributed by atoms with E-state index < -0.39 is 17.9 Å². The molecule has 2 N–H and O–H groups in total. The van der Waals surface area contributed by atoms with Gasteiger partial charge in [-0.15, -0.1) is 0 Å². The van der Waals surface area contributed by atoms with Gasteiger partial charge < -0.3 is 10.4 Å². The number of benzene rings is 3. The molecule has 1 atom stereocenters. The number of carboxylic acids is 1. The highest BCUT2D eigenvalue weighted by atomic mass is 79.9. The molecule has 6 heteroatoms. The molecule has 4 rings (SSSR count). The first-order valence-electron chi connectivity index (χ1n) is 9.09. The van der Waals surface area contributed by atoms with Gasteiger partial charge in [0.1, 0.15) is 6.04 Å². The normalized spacial score (nSPS) is 12.0. The van der Waals surface area contributed by atoms with Gasteiger partial charge in [-0.1, -0.05) is 70.5 Å². The van der Waals surface area contributed by atoms with Crippen molar-refractivity contribution >= 4 is 49.6 Å². The van der Waals surface area contributed by atoms with Crippen molar-refractivity contribution in [3.05, 3.63) is 88.4 Å². The van der Waals surface area contributed by atoms with Gasteiger partial charge in [-0.3, -0.25) is 4.79 Å². The Morgan fingerprint density at radius 1 is 0.897 bits per heavy atom. The van der Waals surface area contributed by atoms with Crippen LogP contribution in [-0.2, 0) is 11.2 Å². The molecule has 0 radical (unpaired) electrons. The van der Waals surface area contributed by atoms with Crippen LogP contribution in [0.1, 0.15) is 15.9 Å². The maximum atomic E-state index is 13.2. The number of halogens is 1. The lowest BCUT2D eigenvalue weighted by atomic mass is 10.0. The molecule has 1 aromatic heterocycles. The molecule has 0 unspecified atom stereocenters. The summed E-state index contributed by atoms with van der Waals surface area (Å²) in [5.41, 5.74) is 2.62. The fraction of sp³-hybridized carbons (Fsp3) is 0.0870. The van der Waals surface area contributed by atoms with E-state index in [0.717, 1.165) is 10.0 Å². The van der Waals surface area contributed by atoms with Crippen LogP contribution in [-0.4, -0.2) is 28.0 Å². The van der Waals surface area contributed by atoms with E-state index in [-0.39, 0.29) is 6.42 Å². The number of hydrogen-bond donors (Lipinski definition) is 2. The molecule has 1 amide bonds. The van der Waals surface area contributed by atoms with Crippen LogP contribution in [0, 0.1) is 0 Å². The van der Waals surface area contributed by atoms with Gasteiger partial charge in [0.05, 0.1) is 16.6 Å². The lowest BCUT2D eigenvalue weighted by Crippen LogP contribution is -2.42. The number of nitrogens with zero attached hydrogens (tertiary/aromatic N) is 1. The molecule has 0 spiro atoms. The zero-order chi connectivity index (χ0) is 20.4. The minimum atomic E-state index is -1.09. The molecule has 3 aromatic carbocycles. The Labute approximate surface area is 175 Å². The van der Waals surface area contributed by atoms with E-state index in [0.29, 0.717) is 27.4 Å². The number of fused-ring (bicyclic) bond motifs is 2.